The van der Waals surface area contributed by atoms with Crippen LogP contribution in [-0.4, -0.2) is 9.97 Å². The highest BCUT2D eigenvalue weighted by Gasteiger charge is 2.16. The molecule has 0 unspecified atom stereocenters. The Bertz CT molecular complexity index is 3490. The number of thiophene rings is 2. The number of rotatable bonds is 3. The van der Waals surface area contributed by atoms with Gasteiger partial charge in [0, 0.05) is 35.8 Å². The van der Waals surface area contributed by atoms with Gasteiger partial charge in [0.25, 0.3) is 0 Å². The van der Waals surface area contributed by atoms with Crippen LogP contribution in [0.15, 0.2) is 133 Å². The van der Waals surface area contributed by atoms with E-state index >= 15 is 0 Å². The van der Waals surface area contributed by atoms with Gasteiger partial charge in [0.2, 0.25) is 0 Å². The topological polar surface area (TPSA) is 25.8 Å². The van der Waals surface area contributed by atoms with Gasteiger partial charge in [-0.1, -0.05) is 96.7 Å². The van der Waals surface area contributed by atoms with Crippen LogP contribution in [0.4, 0.5) is 0 Å². The Hall–Kier alpha value is -4.90. The van der Waals surface area contributed by atoms with E-state index in [1.807, 2.05) is 0 Å². The molecular formula is C38H22N2S2. The molecule has 6 aromatic carbocycles. The lowest BCUT2D eigenvalue weighted by molar-refractivity contribution is 1.24. The molecule has 9 rings (SSSR count). The maximum atomic E-state index is 9.52. The first-order chi connectivity index (χ1) is 28.3. The number of fused-ring (bicyclic) bond motifs is 7. The number of hydrogen-bond donors (Lipinski definition) is 0. The maximum absolute atomic E-state index is 9.52. The molecule has 0 N–H and O–H groups in total. The van der Waals surface area contributed by atoms with Crippen molar-refractivity contribution in [2.75, 3.05) is 0 Å². The van der Waals surface area contributed by atoms with Crippen LogP contribution in [0, 0.1) is 0 Å². The zero-order valence-corrected chi connectivity index (χ0v) is 22.7. The molecule has 0 saturated heterocycles. The van der Waals surface area contributed by atoms with Crippen molar-refractivity contribution in [3.05, 3.63) is 133 Å². The molecule has 0 aliphatic heterocycles. The summed E-state index contributed by atoms with van der Waals surface area (Å²) in [7, 11) is 0. The molecule has 4 heteroatoms. The van der Waals surface area contributed by atoms with Crippen LogP contribution in [0.5, 0.6) is 0 Å². The van der Waals surface area contributed by atoms with Gasteiger partial charge in [0.1, 0.15) is 6.33 Å². The van der Waals surface area contributed by atoms with Gasteiger partial charge in [-0.05, 0) is 63.3 Å². The van der Waals surface area contributed by atoms with E-state index in [4.69, 9.17) is 23.3 Å². The van der Waals surface area contributed by atoms with Crippen molar-refractivity contribution in [1.82, 2.24) is 9.97 Å². The summed E-state index contributed by atoms with van der Waals surface area (Å²) in [6.07, 6.45) is 1.17. The van der Waals surface area contributed by atoms with Crippen LogP contribution in [0.2, 0.25) is 0 Å². The highest BCUT2D eigenvalue weighted by molar-refractivity contribution is 7.26. The number of benzene rings is 6. The normalized spacial score (nSPS) is 17.8. The Morgan fingerprint density at radius 3 is 2.31 bits per heavy atom. The minimum absolute atomic E-state index is 0.0203. The predicted octanol–water partition coefficient (Wildman–Crippen LogP) is 11.4. The number of hydrogen-bond acceptors (Lipinski definition) is 4. The summed E-state index contributed by atoms with van der Waals surface area (Å²) in [5, 5.41) is -0.0888. The summed E-state index contributed by atoms with van der Waals surface area (Å²) in [4.78, 5) is 8.92. The van der Waals surface area contributed by atoms with E-state index in [-0.39, 0.29) is 70.5 Å². The Morgan fingerprint density at radius 2 is 1.33 bits per heavy atom. The minimum atomic E-state index is -0.642. The summed E-state index contributed by atoms with van der Waals surface area (Å²) < 4.78 is 157. The average molecular weight is 589 g/mol. The smallest absolute Gasteiger partial charge is 0.116 e. The quantitative estimate of drug-likeness (QED) is 0.205. The van der Waals surface area contributed by atoms with Crippen molar-refractivity contribution in [2.24, 2.45) is 0 Å². The highest BCUT2D eigenvalue weighted by Crippen LogP contribution is 2.42. The summed E-state index contributed by atoms with van der Waals surface area (Å²) in [6.45, 7) is 0. The molecule has 196 valence electrons. The molecule has 0 atom stereocenters. The lowest BCUT2D eigenvalue weighted by atomic mass is 9.99. The molecular weight excluding hydrogens is 549 g/mol. The molecule has 0 aliphatic carbocycles. The van der Waals surface area contributed by atoms with E-state index in [0.717, 1.165) is 22.7 Å². The molecule has 0 bridgehead atoms. The van der Waals surface area contributed by atoms with Crippen molar-refractivity contribution in [1.29, 1.82) is 0 Å². The van der Waals surface area contributed by atoms with Gasteiger partial charge in [-0.3, -0.25) is 0 Å². The molecule has 0 spiro atoms. The molecule has 0 radical (unpaired) electrons. The zero-order valence-electron chi connectivity index (χ0n) is 39.0. The SMILES string of the molecule is [2H]c1c([2H])c(-c2ncnc3c2sc2ccc(-c4c([2H])c([2H])c5c([2H])c([2H])c([2H])c([2H])c5c4[2H])cc23)c([2H])c(-c2c([2H])c([2H])c([2H])c3c2sc2c([2H])c([2H])c([2H])c([2H])c23)c1[2H]. The fourth-order valence-corrected chi connectivity index (χ4v) is 7.13. The first-order valence-electron chi connectivity index (χ1n) is 21.5. The minimum Gasteiger partial charge on any atom is -0.235 e. The van der Waals surface area contributed by atoms with Crippen LogP contribution < -0.4 is 0 Å². The Kier molecular flexibility index (Phi) is 2.69. The monoisotopic (exact) mass is 588 g/mol. The number of aromatic nitrogens is 2. The van der Waals surface area contributed by atoms with E-state index < -0.39 is 103 Å². The second-order valence-corrected chi connectivity index (χ2v) is 11.3. The maximum Gasteiger partial charge on any atom is 0.116 e. The molecule has 3 aromatic heterocycles. The van der Waals surface area contributed by atoms with Crippen LogP contribution >= 0.6 is 22.7 Å². The van der Waals surface area contributed by atoms with E-state index in [1.165, 1.54) is 6.33 Å². The predicted molar refractivity (Wildman–Crippen MR) is 182 cm³/mol. The first kappa shape index (κ1) is 12.1. The summed E-state index contributed by atoms with van der Waals surface area (Å²) in [6, 6.07) is -4.59. The second kappa shape index (κ2) is 9.31. The van der Waals surface area contributed by atoms with Gasteiger partial charge in [-0.2, -0.15) is 0 Å². The molecule has 9 aromatic rings. The van der Waals surface area contributed by atoms with Crippen molar-refractivity contribution in [2.45, 2.75) is 0 Å². The fourth-order valence-electron chi connectivity index (χ4n) is 4.93. The van der Waals surface area contributed by atoms with Gasteiger partial charge >= 0.3 is 0 Å². The van der Waals surface area contributed by atoms with E-state index in [9.17, 15) is 1.37 Å². The summed E-state index contributed by atoms with van der Waals surface area (Å²) in [5.74, 6) is 0. The van der Waals surface area contributed by atoms with Crippen LogP contribution in [-0.2, 0) is 0 Å². The Balaban J connectivity index is 1.31. The van der Waals surface area contributed by atoms with Gasteiger partial charge in [0.15, 0.2) is 0 Å². The van der Waals surface area contributed by atoms with Crippen molar-refractivity contribution < 1.29 is 24.7 Å². The average Bonchev–Trinajstić information content (AvgIpc) is 3.81. The zero-order chi connectivity index (χ0) is 43.3. The lowest BCUT2D eigenvalue weighted by Crippen LogP contribution is -1.87. The van der Waals surface area contributed by atoms with E-state index in [1.54, 1.807) is 18.2 Å². The molecule has 0 aliphatic rings. The van der Waals surface area contributed by atoms with Crippen LogP contribution in [0.3, 0.4) is 0 Å². The molecule has 42 heavy (non-hydrogen) atoms. The second-order valence-electron chi connectivity index (χ2n) is 9.22. The van der Waals surface area contributed by atoms with Crippen molar-refractivity contribution in [3.8, 4) is 33.5 Å². The molecule has 0 fully saturated rings. The van der Waals surface area contributed by atoms with Crippen LogP contribution in [0.25, 0.3) is 84.8 Å². The molecule has 0 amide bonds. The fraction of sp³-hybridized carbons (Fsp3) is 0. The summed E-state index contributed by atoms with van der Waals surface area (Å²) >= 11 is 1.97. The molecule has 2 nitrogen and oxygen atoms in total. The van der Waals surface area contributed by atoms with Gasteiger partial charge < -0.3 is 0 Å². The highest BCUT2D eigenvalue weighted by atomic mass is 32.1. The van der Waals surface area contributed by atoms with Gasteiger partial charge in [-0.25, -0.2) is 9.97 Å². The first-order valence-corrected chi connectivity index (χ1v) is 14.2. The Morgan fingerprint density at radius 1 is 0.524 bits per heavy atom. The van der Waals surface area contributed by atoms with Crippen molar-refractivity contribution >= 4 is 73.9 Å². The van der Waals surface area contributed by atoms with Gasteiger partial charge in [0.05, 0.1) is 40.6 Å². The lowest BCUT2D eigenvalue weighted by Gasteiger charge is -2.07. The summed E-state index contributed by atoms with van der Waals surface area (Å²) in [5.41, 5.74) is -0.217. The van der Waals surface area contributed by atoms with E-state index in [0.29, 0.717) is 20.3 Å². The third-order valence-electron chi connectivity index (χ3n) is 6.84. The van der Waals surface area contributed by atoms with E-state index in [2.05, 4.69) is 9.97 Å². The largest absolute Gasteiger partial charge is 0.235 e. The third kappa shape index (κ3) is 3.69. The van der Waals surface area contributed by atoms with Gasteiger partial charge in [-0.15, -0.1) is 22.7 Å². The van der Waals surface area contributed by atoms with Crippen LogP contribution in [0.1, 0.15) is 24.7 Å². The third-order valence-corrected chi connectivity index (χ3v) is 9.13. The number of nitrogens with zero attached hydrogens (tertiary/aromatic N) is 2. The Labute approximate surface area is 275 Å². The molecule has 0 saturated carbocycles. The standard InChI is InChI=1S/C38H22N2S2/c1-2-8-24-19-25(16-15-23(24)7-1)26-17-18-34-32(21-26)36-38(42-34)35(39-22-40-36)28-10-5-9-27(20-28)29-12-6-13-31-30-11-3-4-14-33(30)41-37(29)31/h1-22H/i1D,2D,3D,4D,5D,6D,7D,8D,9D,10D,11D,12D,13D,14D,15D,16D,19D,20D. The molecule has 3 heterocycles. The van der Waals surface area contributed by atoms with Crippen molar-refractivity contribution in [3.63, 3.8) is 0 Å².